The zero-order valence-electron chi connectivity index (χ0n) is 14.0. The summed E-state index contributed by atoms with van der Waals surface area (Å²) in [6, 6.07) is 6.18. The van der Waals surface area contributed by atoms with Crippen LogP contribution in [-0.4, -0.2) is 28.4 Å². The van der Waals surface area contributed by atoms with Gasteiger partial charge in [0.05, 0.1) is 6.04 Å². The molecule has 0 aliphatic carbocycles. The predicted octanol–water partition coefficient (Wildman–Crippen LogP) is 4.45. The molecule has 2 heterocycles. The molecule has 0 saturated heterocycles. The second-order valence-corrected chi connectivity index (χ2v) is 7.07. The minimum absolute atomic E-state index is 0.0216. The monoisotopic (exact) mass is 430 g/mol. The molecule has 5 nitrogen and oxygen atoms in total. The largest absolute Gasteiger partial charge is 0.410 e. The maximum absolute atomic E-state index is 13.6. The summed E-state index contributed by atoms with van der Waals surface area (Å²) in [6.45, 7) is 2.33. The Morgan fingerprint density at radius 1 is 1.38 bits per heavy atom. The molecule has 0 unspecified atom stereocenters. The van der Waals surface area contributed by atoms with E-state index in [1.807, 2.05) is 6.92 Å². The highest BCUT2D eigenvalue weighted by Crippen LogP contribution is 2.43. The maximum Gasteiger partial charge on any atom is 0.410 e. The quantitative estimate of drug-likeness (QED) is 0.753. The Bertz CT molecular complexity index is 788. The van der Waals surface area contributed by atoms with E-state index in [0.29, 0.717) is 6.54 Å². The van der Waals surface area contributed by atoms with Crippen LogP contribution in [0.15, 0.2) is 34.8 Å². The lowest BCUT2D eigenvalue weighted by Crippen LogP contribution is -2.35. The lowest BCUT2D eigenvalue weighted by molar-refractivity contribution is -0.173. The number of carbonyl (C=O) groups is 1. The lowest BCUT2D eigenvalue weighted by Gasteiger charge is -2.33. The van der Waals surface area contributed by atoms with Gasteiger partial charge in [-0.05, 0) is 24.1 Å². The molecule has 1 aromatic heterocycles. The minimum atomic E-state index is -4.46. The van der Waals surface area contributed by atoms with Crippen molar-refractivity contribution in [3.63, 3.8) is 0 Å². The molecule has 0 fully saturated rings. The highest BCUT2D eigenvalue weighted by molar-refractivity contribution is 9.10. The second-order valence-electron chi connectivity index (χ2n) is 6.16. The van der Waals surface area contributed by atoms with Crippen LogP contribution in [0.5, 0.6) is 0 Å². The van der Waals surface area contributed by atoms with Crippen LogP contribution in [0.3, 0.4) is 0 Å². The molecular formula is C17H18BrF3N4O. The third kappa shape index (κ3) is 3.87. The molecule has 2 N–H and O–H groups in total. The van der Waals surface area contributed by atoms with Gasteiger partial charge in [0.2, 0.25) is 0 Å². The number of nitrogens with zero attached hydrogens (tertiary/aromatic N) is 2. The van der Waals surface area contributed by atoms with Crippen LogP contribution in [-0.2, 0) is 0 Å². The van der Waals surface area contributed by atoms with Gasteiger partial charge in [-0.1, -0.05) is 35.0 Å². The Hall–Kier alpha value is -2.03. The molecule has 3 rings (SSSR count). The van der Waals surface area contributed by atoms with Gasteiger partial charge >= 0.3 is 6.18 Å². The molecule has 1 aromatic carbocycles. The van der Waals surface area contributed by atoms with Crippen LogP contribution in [0, 0.1) is 0 Å². The van der Waals surface area contributed by atoms with E-state index in [1.54, 1.807) is 24.3 Å². The topological polar surface area (TPSA) is 59.0 Å². The molecule has 0 bridgehead atoms. The van der Waals surface area contributed by atoms with Gasteiger partial charge in [-0.3, -0.25) is 4.79 Å². The van der Waals surface area contributed by atoms with Gasteiger partial charge in [0.25, 0.3) is 5.91 Å². The number of anilines is 1. The zero-order chi connectivity index (χ0) is 18.9. The molecule has 0 radical (unpaired) electrons. The van der Waals surface area contributed by atoms with Crippen molar-refractivity contribution in [1.29, 1.82) is 0 Å². The number of fused-ring (bicyclic) bond motifs is 1. The van der Waals surface area contributed by atoms with Gasteiger partial charge in [0.1, 0.15) is 5.82 Å². The molecule has 26 heavy (non-hydrogen) atoms. The number of halogens is 4. The molecule has 1 amide bonds. The molecule has 2 aromatic rings. The number of benzene rings is 1. The van der Waals surface area contributed by atoms with Gasteiger partial charge in [0.15, 0.2) is 11.7 Å². The number of aromatic nitrogens is 2. The number of carbonyl (C=O) groups excluding carboxylic acids is 1. The van der Waals surface area contributed by atoms with Crippen molar-refractivity contribution in [1.82, 2.24) is 15.1 Å². The van der Waals surface area contributed by atoms with Crippen molar-refractivity contribution in [2.45, 2.75) is 38.0 Å². The van der Waals surface area contributed by atoms with Crippen LogP contribution < -0.4 is 10.6 Å². The first kappa shape index (κ1) is 18.8. The molecular weight excluding hydrogens is 413 g/mol. The van der Waals surface area contributed by atoms with Gasteiger partial charge < -0.3 is 10.6 Å². The van der Waals surface area contributed by atoms with Crippen molar-refractivity contribution >= 4 is 27.7 Å². The summed E-state index contributed by atoms with van der Waals surface area (Å²) in [6.07, 6.45) is -3.93. The average Bonchev–Trinajstić information content (AvgIpc) is 3.02. The molecule has 2 atom stereocenters. The Balaban J connectivity index is 1.93. The Labute approximate surface area is 157 Å². The summed E-state index contributed by atoms with van der Waals surface area (Å²) < 4.78 is 42.5. The summed E-state index contributed by atoms with van der Waals surface area (Å²) in [7, 11) is 0. The van der Waals surface area contributed by atoms with E-state index in [1.165, 1.54) is 6.07 Å². The summed E-state index contributed by atoms with van der Waals surface area (Å²) in [5.74, 6) is -0.287. The third-order valence-corrected chi connectivity index (χ3v) is 4.76. The van der Waals surface area contributed by atoms with E-state index < -0.39 is 24.2 Å². The molecule has 0 saturated carbocycles. The number of hydrogen-bond acceptors (Lipinski definition) is 3. The summed E-state index contributed by atoms with van der Waals surface area (Å²) in [4.78, 5) is 12.1. The highest BCUT2D eigenvalue weighted by Gasteiger charge is 2.46. The standard InChI is InChI=1S/C17H18BrF3N4O/c1-2-7-22-16(26)13-9-15-23-12(10-3-5-11(18)6-4-10)8-14(17(19,20)21)25(15)24-13/h3-6,9,12,14,23H,2,7-8H2,1H3,(H,22,26)/t12-,14-/m1/s1. The molecule has 140 valence electrons. The van der Waals surface area contributed by atoms with E-state index in [4.69, 9.17) is 0 Å². The van der Waals surface area contributed by atoms with E-state index in [2.05, 4.69) is 31.7 Å². The first-order valence-electron chi connectivity index (χ1n) is 8.26. The Kier molecular flexibility index (Phi) is 5.27. The van der Waals surface area contributed by atoms with Gasteiger partial charge in [-0.15, -0.1) is 0 Å². The highest BCUT2D eigenvalue weighted by atomic mass is 79.9. The second kappa shape index (κ2) is 7.30. The number of amides is 1. The maximum atomic E-state index is 13.6. The van der Waals surface area contributed by atoms with E-state index in [-0.39, 0.29) is 17.9 Å². The van der Waals surface area contributed by atoms with Crippen LogP contribution in [0.2, 0.25) is 0 Å². The normalized spacial score (nSPS) is 19.6. The predicted molar refractivity (Wildman–Crippen MR) is 95.1 cm³/mol. The summed E-state index contributed by atoms with van der Waals surface area (Å²) >= 11 is 3.32. The first-order valence-corrected chi connectivity index (χ1v) is 9.05. The fourth-order valence-electron chi connectivity index (χ4n) is 2.93. The molecule has 1 aliphatic rings. The molecule has 9 heteroatoms. The first-order chi connectivity index (χ1) is 12.3. The van der Waals surface area contributed by atoms with Crippen LogP contribution in [0.25, 0.3) is 0 Å². The van der Waals surface area contributed by atoms with Gasteiger partial charge in [-0.2, -0.15) is 18.3 Å². The fourth-order valence-corrected chi connectivity index (χ4v) is 3.19. The number of hydrogen-bond donors (Lipinski definition) is 2. The van der Waals surface area contributed by atoms with Crippen molar-refractivity contribution < 1.29 is 18.0 Å². The Morgan fingerprint density at radius 3 is 2.69 bits per heavy atom. The van der Waals surface area contributed by atoms with Crippen LogP contribution in [0.1, 0.15) is 47.9 Å². The molecule has 1 aliphatic heterocycles. The SMILES string of the molecule is CCCNC(=O)c1cc2n(n1)[C@@H](C(F)(F)F)C[C@H](c1ccc(Br)cc1)N2. The average molecular weight is 431 g/mol. The van der Waals surface area contributed by atoms with Crippen LogP contribution in [0.4, 0.5) is 19.0 Å². The van der Waals surface area contributed by atoms with Gasteiger partial charge in [0, 0.05) is 23.5 Å². The van der Waals surface area contributed by atoms with E-state index in [9.17, 15) is 18.0 Å². The van der Waals surface area contributed by atoms with Crippen molar-refractivity contribution in [3.8, 4) is 0 Å². The molecule has 0 spiro atoms. The fraction of sp³-hybridized carbons (Fsp3) is 0.412. The summed E-state index contributed by atoms with van der Waals surface area (Å²) in [5.41, 5.74) is 0.721. The Morgan fingerprint density at radius 2 is 2.08 bits per heavy atom. The number of nitrogens with one attached hydrogen (secondary N) is 2. The van der Waals surface area contributed by atoms with Crippen molar-refractivity contribution in [2.24, 2.45) is 0 Å². The van der Waals surface area contributed by atoms with Crippen molar-refractivity contribution in [3.05, 3.63) is 46.1 Å². The summed E-state index contributed by atoms with van der Waals surface area (Å²) in [5, 5.41) is 9.61. The lowest BCUT2D eigenvalue weighted by atomic mass is 9.97. The van der Waals surface area contributed by atoms with Gasteiger partial charge in [-0.25, -0.2) is 4.68 Å². The number of alkyl halides is 3. The van der Waals surface area contributed by atoms with Crippen molar-refractivity contribution in [2.75, 3.05) is 11.9 Å². The van der Waals surface area contributed by atoms with Crippen LogP contribution >= 0.6 is 15.9 Å². The third-order valence-electron chi connectivity index (χ3n) is 4.23. The van der Waals surface area contributed by atoms with E-state index >= 15 is 0 Å². The smallest absolute Gasteiger partial charge is 0.363 e. The number of rotatable bonds is 4. The minimum Gasteiger partial charge on any atom is -0.363 e. The zero-order valence-corrected chi connectivity index (χ0v) is 15.6. The van der Waals surface area contributed by atoms with E-state index in [0.717, 1.165) is 21.1 Å².